The van der Waals surface area contributed by atoms with Crippen LogP contribution in [0.1, 0.15) is 48.4 Å². The van der Waals surface area contributed by atoms with Crippen LogP contribution in [0.2, 0.25) is 0 Å². The second-order valence-electron chi connectivity index (χ2n) is 16.6. The van der Waals surface area contributed by atoms with E-state index in [0.717, 1.165) is 77.8 Å². The van der Waals surface area contributed by atoms with E-state index >= 15 is 0 Å². The second kappa shape index (κ2) is 22.0. The molecule has 0 bridgehead atoms. The molecule has 1 fully saturated rings. The predicted molar refractivity (Wildman–Crippen MR) is 254 cm³/mol. The summed E-state index contributed by atoms with van der Waals surface area (Å²) in [5, 5.41) is 20.5. The maximum absolute atomic E-state index is 13.1. The number of aromatic hydroxyl groups is 1. The van der Waals surface area contributed by atoms with Crippen molar-refractivity contribution in [2.75, 3.05) is 50.0 Å². The SMILES string of the molecule is C[C@@H](Cc1ccc(CCNC(=O)Cc2ccc(N(C)C(=O)CCN3CCC(OC(=O)Nc4ccccc4-c4ccccc4)CC3)cc2)cc1)NCCc1ccc(O)c2[nH]c(=O)ccc12. The zero-order valence-electron chi connectivity index (χ0n) is 36.6. The molecule has 12 nitrogen and oxygen atoms in total. The normalized spacial score (nSPS) is 13.6. The van der Waals surface area contributed by atoms with Crippen LogP contribution in [0.15, 0.2) is 132 Å². The summed E-state index contributed by atoms with van der Waals surface area (Å²) < 4.78 is 5.78. The minimum atomic E-state index is -0.461. The molecule has 0 unspecified atom stereocenters. The summed E-state index contributed by atoms with van der Waals surface area (Å²) in [6, 6.07) is 40.7. The topological polar surface area (TPSA) is 156 Å². The molecular formula is C52H58N6O6. The highest BCUT2D eigenvalue weighted by molar-refractivity contribution is 5.93. The number of fused-ring (bicyclic) bond motifs is 1. The van der Waals surface area contributed by atoms with Gasteiger partial charge in [-0.25, -0.2) is 4.79 Å². The highest BCUT2D eigenvalue weighted by Crippen LogP contribution is 2.28. The monoisotopic (exact) mass is 862 g/mol. The number of carbonyl (C=O) groups is 3. The van der Waals surface area contributed by atoms with Crippen molar-refractivity contribution in [3.05, 3.63) is 160 Å². The van der Waals surface area contributed by atoms with Crippen LogP contribution < -0.4 is 26.4 Å². The van der Waals surface area contributed by atoms with Crippen LogP contribution in [0.4, 0.5) is 16.2 Å². The summed E-state index contributed by atoms with van der Waals surface area (Å²) in [5.41, 5.74) is 7.98. The van der Waals surface area contributed by atoms with E-state index in [4.69, 9.17) is 4.74 Å². The number of likely N-dealkylation sites (tertiary alicyclic amines) is 1. The molecule has 64 heavy (non-hydrogen) atoms. The fraction of sp³-hybridized carbons (Fsp3) is 0.308. The lowest BCUT2D eigenvalue weighted by Crippen LogP contribution is -2.40. The largest absolute Gasteiger partial charge is 0.506 e. The number of pyridine rings is 1. The van der Waals surface area contributed by atoms with Crippen LogP contribution in [0.3, 0.4) is 0 Å². The molecule has 0 spiro atoms. The molecule has 1 aliphatic heterocycles. The van der Waals surface area contributed by atoms with E-state index in [1.165, 1.54) is 11.6 Å². The van der Waals surface area contributed by atoms with E-state index in [9.17, 15) is 24.3 Å². The molecule has 332 valence electrons. The molecule has 0 saturated carbocycles. The number of aromatic nitrogens is 1. The number of nitrogens with zero attached hydrogens (tertiary/aromatic N) is 2. The number of phenolic OH excluding ortho intramolecular Hbond substituents is 1. The van der Waals surface area contributed by atoms with Crippen molar-refractivity contribution in [2.24, 2.45) is 0 Å². The number of carbonyl (C=O) groups excluding carboxylic acids is 3. The Morgan fingerprint density at radius 2 is 1.52 bits per heavy atom. The molecule has 5 N–H and O–H groups in total. The minimum absolute atomic E-state index is 0.0107. The molecule has 5 aromatic carbocycles. The lowest BCUT2D eigenvalue weighted by molar-refractivity contribution is -0.120. The first-order valence-electron chi connectivity index (χ1n) is 22.2. The number of hydrogen-bond donors (Lipinski definition) is 5. The van der Waals surface area contributed by atoms with Crippen molar-refractivity contribution >= 4 is 40.2 Å². The summed E-state index contributed by atoms with van der Waals surface area (Å²) in [6.07, 6.45) is 3.75. The standard InChI is InChI=1S/C52H58N6O6/c1-36(53-30-25-41-18-22-47(59)51-45(41)21-23-48(60)56-51)34-38-14-12-37(13-15-38)24-29-54-49(61)35-39-16-19-42(20-17-39)57(2)50(62)28-33-58-31-26-43(27-32-58)64-52(63)55-46-11-7-6-10-44(46)40-8-4-3-5-9-40/h3-23,36,43,53,59H,24-35H2,1-2H3,(H,54,61)(H,55,63)(H,56,60)/t36-/m0/s1. The third kappa shape index (κ3) is 12.7. The van der Waals surface area contributed by atoms with Crippen LogP contribution in [-0.4, -0.2) is 84.8 Å². The Kier molecular flexibility index (Phi) is 15.6. The Morgan fingerprint density at radius 3 is 2.28 bits per heavy atom. The number of nitrogens with one attached hydrogen (secondary N) is 4. The number of anilines is 2. The van der Waals surface area contributed by atoms with Crippen LogP contribution in [-0.2, 0) is 40.0 Å². The van der Waals surface area contributed by atoms with Gasteiger partial charge in [-0.2, -0.15) is 0 Å². The second-order valence-corrected chi connectivity index (χ2v) is 16.6. The van der Waals surface area contributed by atoms with E-state index in [0.29, 0.717) is 43.6 Å². The van der Waals surface area contributed by atoms with E-state index < -0.39 is 6.09 Å². The smallest absolute Gasteiger partial charge is 0.411 e. The molecule has 1 atom stereocenters. The molecule has 3 amide bonds. The Hall–Kier alpha value is -6.76. The number of ether oxygens (including phenoxy) is 1. The third-order valence-corrected chi connectivity index (χ3v) is 11.9. The molecule has 0 radical (unpaired) electrons. The highest BCUT2D eigenvalue weighted by Gasteiger charge is 2.24. The summed E-state index contributed by atoms with van der Waals surface area (Å²) in [7, 11) is 1.78. The Morgan fingerprint density at radius 1 is 0.812 bits per heavy atom. The van der Waals surface area contributed by atoms with Gasteiger partial charge in [-0.15, -0.1) is 0 Å². The summed E-state index contributed by atoms with van der Waals surface area (Å²) in [6.45, 7) is 5.57. The first-order valence-corrected chi connectivity index (χ1v) is 22.2. The lowest BCUT2D eigenvalue weighted by atomic mass is 10.0. The minimum Gasteiger partial charge on any atom is -0.506 e. The average molecular weight is 863 g/mol. The van der Waals surface area contributed by atoms with E-state index in [1.807, 2.05) is 84.9 Å². The summed E-state index contributed by atoms with van der Waals surface area (Å²) >= 11 is 0. The number of hydrogen-bond acceptors (Lipinski definition) is 8. The fourth-order valence-electron chi connectivity index (χ4n) is 8.24. The van der Waals surface area contributed by atoms with Gasteiger partial charge in [0.25, 0.3) is 0 Å². The first-order chi connectivity index (χ1) is 31.1. The number of piperidine rings is 1. The van der Waals surface area contributed by atoms with Crippen LogP contribution in [0, 0.1) is 0 Å². The van der Waals surface area contributed by atoms with Gasteiger partial charge in [-0.1, -0.05) is 91.0 Å². The maximum atomic E-state index is 13.1. The fourth-order valence-corrected chi connectivity index (χ4v) is 8.24. The molecule has 1 aliphatic rings. The Balaban J connectivity index is 0.755. The summed E-state index contributed by atoms with van der Waals surface area (Å²) in [4.78, 5) is 57.1. The molecule has 7 rings (SSSR count). The van der Waals surface area contributed by atoms with Crippen molar-refractivity contribution in [1.29, 1.82) is 0 Å². The molecule has 12 heteroatoms. The van der Waals surface area contributed by atoms with Crippen LogP contribution in [0.25, 0.3) is 22.0 Å². The van der Waals surface area contributed by atoms with Gasteiger partial charge in [0.2, 0.25) is 17.4 Å². The first kappa shape index (κ1) is 45.3. The van der Waals surface area contributed by atoms with Crippen molar-refractivity contribution in [1.82, 2.24) is 20.5 Å². The molecule has 1 aromatic heterocycles. The zero-order valence-corrected chi connectivity index (χ0v) is 36.6. The summed E-state index contributed by atoms with van der Waals surface area (Å²) in [5.74, 6) is 0.0313. The van der Waals surface area contributed by atoms with Gasteiger partial charge in [0, 0.05) is 68.4 Å². The number of phenols is 1. The van der Waals surface area contributed by atoms with E-state index in [2.05, 4.69) is 57.0 Å². The number of benzene rings is 5. The van der Waals surface area contributed by atoms with Crippen molar-refractivity contribution in [3.8, 4) is 16.9 Å². The van der Waals surface area contributed by atoms with Gasteiger partial charge in [-0.05, 0) is 104 Å². The Labute approximate surface area is 374 Å². The van der Waals surface area contributed by atoms with Crippen LogP contribution in [0.5, 0.6) is 5.75 Å². The molecule has 2 heterocycles. The van der Waals surface area contributed by atoms with Crippen molar-refractivity contribution < 1.29 is 24.2 Å². The highest BCUT2D eigenvalue weighted by atomic mass is 16.6. The predicted octanol–water partition coefficient (Wildman–Crippen LogP) is 7.63. The zero-order chi connectivity index (χ0) is 44.8. The van der Waals surface area contributed by atoms with Gasteiger partial charge in [0.05, 0.1) is 17.6 Å². The molecule has 6 aromatic rings. The molecular weight excluding hydrogens is 805 g/mol. The third-order valence-electron chi connectivity index (χ3n) is 11.9. The van der Waals surface area contributed by atoms with Crippen molar-refractivity contribution in [3.63, 3.8) is 0 Å². The number of aromatic amines is 1. The van der Waals surface area contributed by atoms with Gasteiger partial charge < -0.3 is 35.3 Å². The quantitative estimate of drug-likeness (QED) is 0.0591. The molecule has 0 aliphatic carbocycles. The number of para-hydroxylation sites is 1. The van der Waals surface area contributed by atoms with Gasteiger partial charge >= 0.3 is 6.09 Å². The molecule has 1 saturated heterocycles. The lowest BCUT2D eigenvalue weighted by Gasteiger charge is -2.31. The average Bonchev–Trinajstić information content (AvgIpc) is 3.30. The Bertz CT molecular complexity index is 2550. The van der Waals surface area contributed by atoms with E-state index in [1.54, 1.807) is 24.1 Å². The number of H-pyrrole nitrogens is 1. The maximum Gasteiger partial charge on any atom is 0.411 e. The van der Waals surface area contributed by atoms with E-state index in [-0.39, 0.29) is 41.7 Å². The van der Waals surface area contributed by atoms with Crippen molar-refractivity contribution in [2.45, 2.75) is 64.0 Å². The van der Waals surface area contributed by atoms with Gasteiger partial charge in [0.1, 0.15) is 11.9 Å². The van der Waals surface area contributed by atoms with Gasteiger partial charge in [-0.3, -0.25) is 19.7 Å². The number of rotatable bonds is 18. The van der Waals surface area contributed by atoms with Gasteiger partial charge in [0.15, 0.2) is 0 Å². The van der Waals surface area contributed by atoms with Crippen LogP contribution >= 0.6 is 0 Å². The number of amides is 3.